The van der Waals surface area contributed by atoms with Crippen LogP contribution < -0.4 is 11.1 Å². The monoisotopic (exact) mass is 368 g/mol. The predicted molar refractivity (Wildman–Crippen MR) is 95.6 cm³/mol. The maximum atomic E-state index is 12.9. The molecule has 0 spiro atoms. The third-order valence-electron chi connectivity index (χ3n) is 5.23. The zero-order valence-corrected chi connectivity index (χ0v) is 15.8. The number of nitrogens with two attached hydrogens (primary N) is 1. The smallest absolute Gasteiger partial charge is 0.268 e. The highest BCUT2D eigenvalue weighted by atomic mass is 32.2. The van der Waals surface area contributed by atoms with E-state index >= 15 is 0 Å². The van der Waals surface area contributed by atoms with E-state index in [-0.39, 0.29) is 16.8 Å². The van der Waals surface area contributed by atoms with Gasteiger partial charge < -0.3 is 15.6 Å². The zero-order chi connectivity index (χ0) is 18.2. The Morgan fingerprint density at radius 2 is 2.12 bits per heavy atom. The van der Waals surface area contributed by atoms with Crippen LogP contribution in [0.3, 0.4) is 0 Å². The van der Waals surface area contributed by atoms with Crippen LogP contribution in [0.2, 0.25) is 0 Å². The van der Waals surface area contributed by atoms with Crippen molar-refractivity contribution in [3.05, 3.63) is 18.0 Å². The fourth-order valence-electron chi connectivity index (χ4n) is 3.52. The molecule has 1 aliphatic carbocycles. The van der Waals surface area contributed by atoms with Crippen LogP contribution in [-0.2, 0) is 17.1 Å². The van der Waals surface area contributed by atoms with Gasteiger partial charge in [0.25, 0.3) is 5.91 Å². The number of sulfonamides is 1. The molecule has 3 rings (SSSR count). The molecule has 1 aliphatic heterocycles. The normalized spacial score (nSPS) is 23.4. The Morgan fingerprint density at radius 1 is 1.40 bits per heavy atom. The van der Waals surface area contributed by atoms with E-state index in [1.165, 1.54) is 16.6 Å². The summed E-state index contributed by atoms with van der Waals surface area (Å²) in [6, 6.07) is 1.44. The van der Waals surface area contributed by atoms with E-state index in [1.54, 1.807) is 11.6 Å². The van der Waals surface area contributed by atoms with Crippen LogP contribution in [0.5, 0.6) is 0 Å². The van der Waals surface area contributed by atoms with Crippen molar-refractivity contribution in [3.8, 4) is 0 Å². The molecule has 2 unspecified atom stereocenters. The summed E-state index contributed by atoms with van der Waals surface area (Å²) in [6.45, 7) is 3.55. The average Bonchev–Trinajstić information content (AvgIpc) is 3.33. The Hall–Kier alpha value is -1.38. The van der Waals surface area contributed by atoms with E-state index in [1.807, 2.05) is 0 Å². The molecule has 2 heterocycles. The Bertz CT molecular complexity index is 739. The molecule has 0 aromatic carbocycles. The van der Waals surface area contributed by atoms with Crippen LogP contribution in [0.4, 0.5) is 0 Å². The first-order valence-corrected chi connectivity index (χ1v) is 10.4. The van der Waals surface area contributed by atoms with Gasteiger partial charge in [0.1, 0.15) is 10.6 Å². The molecule has 140 valence electrons. The van der Waals surface area contributed by atoms with Crippen molar-refractivity contribution in [2.75, 3.05) is 19.6 Å². The molecule has 25 heavy (non-hydrogen) atoms. The van der Waals surface area contributed by atoms with Crippen LogP contribution in [0.25, 0.3) is 0 Å². The lowest BCUT2D eigenvalue weighted by Crippen LogP contribution is -2.42. The van der Waals surface area contributed by atoms with Crippen LogP contribution >= 0.6 is 0 Å². The second-order valence-electron chi connectivity index (χ2n) is 7.44. The van der Waals surface area contributed by atoms with E-state index in [0.29, 0.717) is 37.2 Å². The maximum absolute atomic E-state index is 12.9. The second-order valence-corrected chi connectivity index (χ2v) is 9.37. The van der Waals surface area contributed by atoms with Gasteiger partial charge in [0.15, 0.2) is 0 Å². The summed E-state index contributed by atoms with van der Waals surface area (Å²) in [7, 11) is -1.86. The van der Waals surface area contributed by atoms with Crippen molar-refractivity contribution in [1.82, 2.24) is 14.2 Å². The molecule has 1 saturated carbocycles. The fourth-order valence-corrected chi connectivity index (χ4v) is 5.20. The molecule has 1 aromatic heterocycles. The van der Waals surface area contributed by atoms with E-state index in [4.69, 9.17) is 5.73 Å². The summed E-state index contributed by atoms with van der Waals surface area (Å²) in [5.41, 5.74) is 6.09. The van der Waals surface area contributed by atoms with Gasteiger partial charge in [-0.1, -0.05) is 6.92 Å². The highest BCUT2D eigenvalue weighted by Crippen LogP contribution is 2.32. The maximum Gasteiger partial charge on any atom is 0.268 e. The summed E-state index contributed by atoms with van der Waals surface area (Å²) < 4.78 is 28.9. The van der Waals surface area contributed by atoms with Gasteiger partial charge in [0.05, 0.1) is 0 Å². The molecule has 1 saturated heterocycles. The van der Waals surface area contributed by atoms with Gasteiger partial charge in [-0.3, -0.25) is 4.79 Å². The quantitative estimate of drug-likeness (QED) is 0.780. The molecule has 2 fully saturated rings. The van der Waals surface area contributed by atoms with Crippen LogP contribution in [0.15, 0.2) is 17.2 Å². The molecule has 2 atom stereocenters. The lowest BCUT2D eigenvalue weighted by atomic mass is 10.0. The standard InChI is InChI=1S/C17H28N4O3S/c1-12-4-3-7-21(10-12)25(23,24)14-8-16(20(2)11-14)17(22)19-15(9-18)13-5-6-13/h8,11-13,15H,3-7,9-10,18H2,1-2H3,(H,19,22). The summed E-state index contributed by atoms with van der Waals surface area (Å²) in [4.78, 5) is 12.7. The van der Waals surface area contributed by atoms with Crippen molar-refractivity contribution in [3.63, 3.8) is 0 Å². The first-order chi connectivity index (χ1) is 11.8. The summed E-state index contributed by atoms with van der Waals surface area (Å²) >= 11 is 0. The molecule has 0 radical (unpaired) electrons. The number of nitrogens with zero attached hydrogens (tertiary/aromatic N) is 2. The zero-order valence-electron chi connectivity index (χ0n) is 14.9. The molecular formula is C17H28N4O3S. The minimum atomic E-state index is -3.56. The average molecular weight is 369 g/mol. The van der Waals surface area contributed by atoms with Crippen molar-refractivity contribution in [2.24, 2.45) is 24.6 Å². The highest BCUT2D eigenvalue weighted by molar-refractivity contribution is 7.89. The first-order valence-electron chi connectivity index (χ1n) is 9.00. The van der Waals surface area contributed by atoms with Gasteiger partial charge in [-0.2, -0.15) is 4.31 Å². The Morgan fingerprint density at radius 3 is 2.72 bits per heavy atom. The van der Waals surface area contributed by atoms with Gasteiger partial charge in [0, 0.05) is 38.9 Å². The number of aromatic nitrogens is 1. The highest BCUT2D eigenvalue weighted by Gasteiger charge is 2.33. The number of hydrogen-bond donors (Lipinski definition) is 2. The molecule has 1 amide bonds. The topological polar surface area (TPSA) is 97.4 Å². The lowest BCUT2D eigenvalue weighted by Gasteiger charge is -2.29. The number of carbonyl (C=O) groups excluding carboxylic acids is 1. The summed E-state index contributed by atoms with van der Waals surface area (Å²) in [6.07, 6.45) is 5.62. The van der Waals surface area contributed by atoms with E-state index in [9.17, 15) is 13.2 Å². The van der Waals surface area contributed by atoms with Crippen molar-refractivity contribution >= 4 is 15.9 Å². The first kappa shape index (κ1) is 18.4. The number of aryl methyl sites for hydroxylation is 1. The molecule has 2 aliphatic rings. The van der Waals surface area contributed by atoms with Crippen molar-refractivity contribution < 1.29 is 13.2 Å². The minimum Gasteiger partial charge on any atom is -0.346 e. The number of hydrogen-bond acceptors (Lipinski definition) is 4. The molecule has 0 bridgehead atoms. The number of rotatable bonds is 6. The third-order valence-corrected chi connectivity index (χ3v) is 7.06. The van der Waals surface area contributed by atoms with Gasteiger partial charge in [-0.15, -0.1) is 0 Å². The van der Waals surface area contributed by atoms with E-state index < -0.39 is 10.0 Å². The van der Waals surface area contributed by atoms with Gasteiger partial charge in [-0.25, -0.2) is 8.42 Å². The van der Waals surface area contributed by atoms with Crippen molar-refractivity contribution in [1.29, 1.82) is 0 Å². The van der Waals surface area contributed by atoms with Crippen LogP contribution in [0, 0.1) is 11.8 Å². The SMILES string of the molecule is CC1CCCN(S(=O)(=O)c2cc(C(=O)NC(CN)C3CC3)n(C)c2)C1. The number of piperidine rings is 1. The predicted octanol–water partition coefficient (Wildman–Crippen LogP) is 0.913. The molecule has 7 nitrogen and oxygen atoms in total. The molecular weight excluding hydrogens is 340 g/mol. The minimum absolute atomic E-state index is 0.0367. The Kier molecular flexibility index (Phi) is 5.22. The summed E-state index contributed by atoms with van der Waals surface area (Å²) in [5, 5.41) is 2.94. The van der Waals surface area contributed by atoms with Crippen molar-refractivity contribution in [2.45, 2.75) is 43.5 Å². The number of carbonyl (C=O) groups is 1. The summed E-state index contributed by atoms with van der Waals surface area (Å²) in [5.74, 6) is 0.546. The Balaban J connectivity index is 1.78. The molecule has 3 N–H and O–H groups in total. The molecule has 1 aromatic rings. The largest absolute Gasteiger partial charge is 0.346 e. The number of amides is 1. The van der Waals surface area contributed by atoms with Crippen LogP contribution in [-0.4, -0.2) is 48.9 Å². The fraction of sp³-hybridized carbons (Fsp3) is 0.706. The van der Waals surface area contributed by atoms with Crippen LogP contribution in [0.1, 0.15) is 43.1 Å². The van der Waals surface area contributed by atoms with Gasteiger partial charge >= 0.3 is 0 Å². The third kappa shape index (κ3) is 3.91. The second kappa shape index (κ2) is 7.09. The number of nitrogens with one attached hydrogen (secondary N) is 1. The van der Waals surface area contributed by atoms with Gasteiger partial charge in [-0.05, 0) is 43.6 Å². The van der Waals surface area contributed by atoms with E-state index in [0.717, 1.165) is 25.7 Å². The lowest BCUT2D eigenvalue weighted by molar-refractivity contribution is 0.0925. The Labute approximate surface area is 149 Å². The van der Waals surface area contributed by atoms with Gasteiger partial charge in [0.2, 0.25) is 10.0 Å². The van der Waals surface area contributed by atoms with E-state index in [2.05, 4.69) is 12.2 Å². The molecule has 8 heteroatoms.